The summed E-state index contributed by atoms with van der Waals surface area (Å²) in [6.45, 7) is 0.847. The number of aliphatic hydroxyl groups is 1. The summed E-state index contributed by atoms with van der Waals surface area (Å²) >= 11 is 0. The van der Waals surface area contributed by atoms with Crippen LogP contribution in [-0.2, 0) is 11.2 Å². The topological polar surface area (TPSA) is 52.6 Å². The maximum Gasteiger partial charge on any atom is 0.227 e. The Hall–Kier alpha value is -2.59. The summed E-state index contributed by atoms with van der Waals surface area (Å²) in [5.74, 6) is 0.429. The van der Waals surface area contributed by atoms with Gasteiger partial charge in [-0.1, -0.05) is 42.5 Å². The van der Waals surface area contributed by atoms with Crippen molar-refractivity contribution < 1.29 is 9.90 Å². The lowest BCUT2D eigenvalue weighted by molar-refractivity contribution is -0.131. The molecule has 2 aromatic carbocycles. The first-order valence-electron chi connectivity index (χ1n) is 11.3. The van der Waals surface area contributed by atoms with Gasteiger partial charge in [-0.15, -0.1) is 0 Å². The van der Waals surface area contributed by atoms with Crippen molar-refractivity contribution >= 4 is 17.2 Å². The monoisotopic (exact) mass is 402 g/mol. The Balaban J connectivity index is 1.48. The van der Waals surface area contributed by atoms with Crippen molar-refractivity contribution in [3.05, 3.63) is 71.3 Å². The van der Waals surface area contributed by atoms with E-state index in [0.29, 0.717) is 6.42 Å². The van der Waals surface area contributed by atoms with Crippen LogP contribution in [0.5, 0.6) is 0 Å². The summed E-state index contributed by atoms with van der Waals surface area (Å²) < 4.78 is 0. The lowest BCUT2D eigenvalue weighted by Crippen LogP contribution is -2.43. The first-order valence-corrected chi connectivity index (χ1v) is 11.3. The Bertz CT molecular complexity index is 953. The quantitative estimate of drug-likeness (QED) is 0.788. The molecule has 30 heavy (non-hydrogen) atoms. The molecular formula is C26H30N2O2. The first-order chi connectivity index (χ1) is 14.7. The van der Waals surface area contributed by atoms with Crippen molar-refractivity contribution in [3.63, 3.8) is 0 Å². The normalized spacial score (nSPS) is 25.2. The zero-order valence-corrected chi connectivity index (χ0v) is 17.4. The molecule has 4 nitrogen and oxygen atoms in total. The summed E-state index contributed by atoms with van der Waals surface area (Å²) in [5.41, 5.74) is 6.06. The third kappa shape index (κ3) is 3.54. The molecule has 5 rings (SSSR count). The van der Waals surface area contributed by atoms with Crippen LogP contribution in [0.2, 0.25) is 0 Å². The number of fused-ring (bicyclic) bond motifs is 3. The van der Waals surface area contributed by atoms with Gasteiger partial charge in [0.25, 0.3) is 0 Å². The summed E-state index contributed by atoms with van der Waals surface area (Å²) in [6, 6.07) is 16.7. The second kappa shape index (κ2) is 8.27. The van der Waals surface area contributed by atoms with Crippen LogP contribution in [0.3, 0.4) is 0 Å². The Labute approximate surface area is 178 Å². The fourth-order valence-corrected chi connectivity index (χ4v) is 5.51. The van der Waals surface area contributed by atoms with Gasteiger partial charge in [-0.2, -0.15) is 0 Å². The van der Waals surface area contributed by atoms with Crippen LogP contribution in [0.15, 0.2) is 54.6 Å². The Kier molecular flexibility index (Phi) is 5.34. The molecule has 2 N–H and O–H groups in total. The molecule has 1 saturated heterocycles. The van der Waals surface area contributed by atoms with Gasteiger partial charge in [0.15, 0.2) is 0 Å². The van der Waals surface area contributed by atoms with Gasteiger partial charge in [-0.05, 0) is 66.5 Å². The van der Waals surface area contributed by atoms with Crippen LogP contribution in [0.1, 0.15) is 54.8 Å². The van der Waals surface area contributed by atoms with E-state index in [2.05, 4.69) is 34.5 Å². The van der Waals surface area contributed by atoms with Gasteiger partial charge in [0.05, 0.1) is 25.1 Å². The Morgan fingerprint density at radius 1 is 1.13 bits per heavy atom. The van der Waals surface area contributed by atoms with Crippen LogP contribution in [-0.4, -0.2) is 35.1 Å². The fraction of sp³-hybridized carbons (Fsp3) is 0.423. The second-order valence-electron chi connectivity index (χ2n) is 8.86. The average Bonchev–Trinajstić information content (AvgIpc) is 3.25. The number of nitrogens with zero attached hydrogens (tertiary/aromatic N) is 1. The van der Waals surface area contributed by atoms with Gasteiger partial charge in [-0.3, -0.25) is 4.79 Å². The van der Waals surface area contributed by atoms with E-state index in [4.69, 9.17) is 0 Å². The molecule has 0 radical (unpaired) electrons. The highest BCUT2D eigenvalue weighted by atomic mass is 16.3. The number of aliphatic hydroxyl groups excluding tert-OH is 1. The number of carbonyl (C=O) groups is 1. The molecule has 2 aromatic rings. The van der Waals surface area contributed by atoms with Gasteiger partial charge in [0.2, 0.25) is 5.91 Å². The number of nitrogens with one attached hydrogen (secondary N) is 1. The third-order valence-corrected chi connectivity index (χ3v) is 7.05. The van der Waals surface area contributed by atoms with E-state index in [0.717, 1.165) is 37.1 Å². The molecule has 2 aliphatic heterocycles. The van der Waals surface area contributed by atoms with Crippen LogP contribution in [0.25, 0.3) is 5.57 Å². The molecule has 2 heterocycles. The molecular weight excluding hydrogens is 372 g/mol. The van der Waals surface area contributed by atoms with E-state index in [1.165, 1.54) is 29.5 Å². The molecule has 0 aromatic heterocycles. The van der Waals surface area contributed by atoms with Crippen LogP contribution < -0.4 is 5.32 Å². The SMILES string of the molecule is O=C(Cc1ccccc1)N1CC[C@@H]2[C@@H](CO)Nc3ccc(C4=CCCCC4)cc3[C@@H]21. The van der Waals surface area contributed by atoms with Gasteiger partial charge in [0, 0.05) is 18.2 Å². The smallest absolute Gasteiger partial charge is 0.227 e. The molecule has 0 unspecified atom stereocenters. The number of benzene rings is 2. The minimum atomic E-state index is -0.00299. The molecule has 156 valence electrons. The lowest BCUT2D eigenvalue weighted by Gasteiger charge is -2.39. The number of likely N-dealkylation sites (tertiary alicyclic amines) is 1. The first kappa shape index (κ1) is 19.4. The van der Waals surface area contributed by atoms with E-state index in [1.54, 1.807) is 0 Å². The Morgan fingerprint density at radius 2 is 2.00 bits per heavy atom. The van der Waals surface area contributed by atoms with Crippen LogP contribution >= 0.6 is 0 Å². The standard InChI is InChI=1S/C26H30N2O2/c29-17-24-21-13-14-28(25(30)15-18-7-3-1-4-8-18)26(21)22-16-20(11-12-23(22)27-24)19-9-5-2-6-10-19/h1,3-4,7-9,11-12,16,21,24,26-27,29H,2,5-6,10,13-15,17H2/t21-,24-,26-/m1/s1. The maximum absolute atomic E-state index is 13.3. The summed E-state index contributed by atoms with van der Waals surface area (Å²) in [7, 11) is 0. The number of anilines is 1. The number of hydrogen-bond acceptors (Lipinski definition) is 3. The maximum atomic E-state index is 13.3. The Morgan fingerprint density at radius 3 is 2.77 bits per heavy atom. The van der Waals surface area contributed by atoms with E-state index in [-0.39, 0.29) is 30.5 Å². The number of allylic oxidation sites excluding steroid dienone is 2. The highest BCUT2D eigenvalue weighted by molar-refractivity contribution is 5.81. The van der Waals surface area contributed by atoms with E-state index in [1.807, 2.05) is 30.3 Å². The third-order valence-electron chi connectivity index (χ3n) is 7.05. The fourth-order valence-electron chi connectivity index (χ4n) is 5.51. The zero-order valence-electron chi connectivity index (χ0n) is 17.4. The van der Waals surface area contributed by atoms with Crippen molar-refractivity contribution in [2.75, 3.05) is 18.5 Å². The largest absolute Gasteiger partial charge is 0.394 e. The lowest BCUT2D eigenvalue weighted by atomic mass is 9.81. The summed E-state index contributed by atoms with van der Waals surface area (Å²) in [6.07, 6.45) is 8.56. The second-order valence-corrected chi connectivity index (χ2v) is 8.86. The molecule has 3 atom stereocenters. The molecule has 4 heteroatoms. The molecule has 1 aliphatic carbocycles. The van der Waals surface area contributed by atoms with E-state index >= 15 is 0 Å². The molecule has 0 bridgehead atoms. The van der Waals surface area contributed by atoms with Crippen LogP contribution in [0.4, 0.5) is 5.69 Å². The van der Waals surface area contributed by atoms with E-state index in [9.17, 15) is 9.90 Å². The zero-order chi connectivity index (χ0) is 20.5. The minimum absolute atomic E-state index is 0.00299. The average molecular weight is 403 g/mol. The van der Waals surface area contributed by atoms with Gasteiger partial charge < -0.3 is 15.3 Å². The molecule has 1 fully saturated rings. The molecule has 0 spiro atoms. The summed E-state index contributed by atoms with van der Waals surface area (Å²) in [5, 5.41) is 13.6. The molecule has 0 saturated carbocycles. The van der Waals surface area contributed by atoms with Gasteiger partial charge in [-0.25, -0.2) is 0 Å². The number of rotatable bonds is 4. The predicted molar refractivity (Wildman–Crippen MR) is 120 cm³/mol. The van der Waals surface area contributed by atoms with Crippen molar-refractivity contribution in [2.45, 2.75) is 50.6 Å². The molecule has 1 amide bonds. The number of hydrogen-bond donors (Lipinski definition) is 2. The number of carbonyl (C=O) groups excluding carboxylic acids is 1. The highest BCUT2D eigenvalue weighted by Crippen LogP contribution is 2.47. The van der Waals surface area contributed by atoms with Crippen molar-refractivity contribution in [3.8, 4) is 0 Å². The van der Waals surface area contributed by atoms with Gasteiger partial charge >= 0.3 is 0 Å². The summed E-state index contributed by atoms with van der Waals surface area (Å²) in [4.78, 5) is 15.4. The number of amides is 1. The van der Waals surface area contributed by atoms with Crippen LogP contribution in [0, 0.1) is 5.92 Å². The van der Waals surface area contributed by atoms with Crippen molar-refractivity contribution in [2.24, 2.45) is 5.92 Å². The van der Waals surface area contributed by atoms with Gasteiger partial charge in [0.1, 0.15) is 0 Å². The predicted octanol–water partition coefficient (Wildman–Crippen LogP) is 4.56. The highest BCUT2D eigenvalue weighted by Gasteiger charge is 2.45. The van der Waals surface area contributed by atoms with Crippen molar-refractivity contribution in [1.29, 1.82) is 0 Å². The molecule has 3 aliphatic rings. The van der Waals surface area contributed by atoms with E-state index < -0.39 is 0 Å². The van der Waals surface area contributed by atoms with Crippen molar-refractivity contribution in [1.82, 2.24) is 4.90 Å². The minimum Gasteiger partial charge on any atom is -0.394 e.